The first-order valence-corrected chi connectivity index (χ1v) is 5.53. The summed E-state index contributed by atoms with van der Waals surface area (Å²) in [5, 5.41) is 14.1. The highest BCUT2D eigenvalue weighted by Gasteiger charge is 1.99. The molecule has 4 heteroatoms. The van der Waals surface area contributed by atoms with E-state index in [1.807, 2.05) is 30.3 Å². The van der Waals surface area contributed by atoms with Gasteiger partial charge in [-0.1, -0.05) is 18.2 Å². The van der Waals surface area contributed by atoms with Crippen LogP contribution in [-0.2, 0) is 0 Å². The third-order valence-electron chi connectivity index (χ3n) is 2.15. The lowest BCUT2D eigenvalue weighted by atomic mass is 10.2. The fourth-order valence-corrected chi connectivity index (χ4v) is 1.31. The number of para-hydroxylation sites is 1. The Morgan fingerprint density at radius 2 is 1.88 bits per heavy atom. The van der Waals surface area contributed by atoms with Gasteiger partial charge in [0.05, 0.1) is 0 Å². The van der Waals surface area contributed by atoms with Crippen LogP contribution in [0.5, 0.6) is 0 Å². The van der Waals surface area contributed by atoms with Gasteiger partial charge in [0.25, 0.3) is 0 Å². The van der Waals surface area contributed by atoms with E-state index in [1.165, 1.54) is 0 Å². The van der Waals surface area contributed by atoms with Crippen LogP contribution < -0.4 is 10.6 Å². The van der Waals surface area contributed by atoms with Crippen LogP contribution in [0, 0.1) is 0 Å². The first-order chi connectivity index (χ1) is 7.83. The van der Waals surface area contributed by atoms with Crippen molar-refractivity contribution in [2.24, 2.45) is 0 Å². The fraction of sp³-hybridized carbons (Fsp3) is 0.417. The number of amides is 2. The van der Waals surface area contributed by atoms with E-state index in [0.717, 1.165) is 24.9 Å². The molecule has 0 saturated heterocycles. The van der Waals surface area contributed by atoms with Crippen LogP contribution in [-0.4, -0.2) is 24.3 Å². The van der Waals surface area contributed by atoms with Gasteiger partial charge in [-0.15, -0.1) is 0 Å². The number of nitrogens with one attached hydrogen (secondary N) is 2. The van der Waals surface area contributed by atoms with Crippen molar-refractivity contribution in [1.82, 2.24) is 5.32 Å². The molecule has 0 fully saturated rings. The van der Waals surface area contributed by atoms with Crippen molar-refractivity contribution in [3.63, 3.8) is 0 Å². The topological polar surface area (TPSA) is 61.4 Å². The Morgan fingerprint density at radius 3 is 2.56 bits per heavy atom. The number of anilines is 1. The van der Waals surface area contributed by atoms with Gasteiger partial charge in [-0.05, 0) is 31.4 Å². The minimum Gasteiger partial charge on any atom is -0.396 e. The third kappa shape index (κ3) is 5.36. The fourth-order valence-electron chi connectivity index (χ4n) is 1.31. The Morgan fingerprint density at radius 1 is 1.12 bits per heavy atom. The van der Waals surface area contributed by atoms with E-state index in [9.17, 15) is 4.79 Å². The molecule has 0 aliphatic heterocycles. The Hall–Kier alpha value is -1.55. The predicted octanol–water partition coefficient (Wildman–Crippen LogP) is 1.97. The summed E-state index contributed by atoms with van der Waals surface area (Å²) in [4.78, 5) is 11.4. The molecule has 0 bridgehead atoms. The zero-order valence-corrected chi connectivity index (χ0v) is 9.28. The van der Waals surface area contributed by atoms with Gasteiger partial charge in [0.15, 0.2) is 0 Å². The molecule has 88 valence electrons. The van der Waals surface area contributed by atoms with Crippen molar-refractivity contribution in [3.8, 4) is 0 Å². The van der Waals surface area contributed by atoms with E-state index in [0.29, 0.717) is 6.54 Å². The van der Waals surface area contributed by atoms with E-state index in [-0.39, 0.29) is 12.6 Å². The molecule has 0 aliphatic carbocycles. The van der Waals surface area contributed by atoms with Crippen LogP contribution in [0.15, 0.2) is 30.3 Å². The molecule has 1 aromatic carbocycles. The highest BCUT2D eigenvalue weighted by Crippen LogP contribution is 2.04. The molecular weight excluding hydrogens is 204 g/mol. The summed E-state index contributed by atoms with van der Waals surface area (Å²) >= 11 is 0. The van der Waals surface area contributed by atoms with Gasteiger partial charge in [-0.3, -0.25) is 0 Å². The normalized spacial score (nSPS) is 9.81. The van der Waals surface area contributed by atoms with Gasteiger partial charge in [0.1, 0.15) is 0 Å². The van der Waals surface area contributed by atoms with Crippen LogP contribution in [0.4, 0.5) is 10.5 Å². The Balaban J connectivity index is 2.12. The molecule has 0 radical (unpaired) electrons. The maximum Gasteiger partial charge on any atom is 0.319 e. The summed E-state index contributed by atoms with van der Waals surface area (Å²) in [6, 6.07) is 9.14. The predicted molar refractivity (Wildman–Crippen MR) is 64.4 cm³/mol. The standard InChI is InChI=1S/C12H18N2O2/c15-10-6-2-5-9-13-12(16)14-11-7-3-1-4-8-11/h1,3-4,7-8,15H,2,5-6,9-10H2,(H2,13,14,16). The molecule has 0 saturated carbocycles. The van der Waals surface area contributed by atoms with Crippen molar-refractivity contribution in [1.29, 1.82) is 0 Å². The highest BCUT2D eigenvalue weighted by atomic mass is 16.2. The highest BCUT2D eigenvalue weighted by molar-refractivity contribution is 5.89. The van der Waals surface area contributed by atoms with Gasteiger partial charge in [-0.25, -0.2) is 4.79 Å². The van der Waals surface area contributed by atoms with Crippen molar-refractivity contribution in [2.75, 3.05) is 18.5 Å². The third-order valence-corrected chi connectivity index (χ3v) is 2.15. The lowest BCUT2D eigenvalue weighted by Crippen LogP contribution is -2.29. The summed E-state index contributed by atoms with van der Waals surface area (Å²) < 4.78 is 0. The van der Waals surface area contributed by atoms with Crippen LogP contribution in [0.25, 0.3) is 0 Å². The second-order valence-electron chi connectivity index (χ2n) is 3.53. The zero-order chi connectivity index (χ0) is 11.6. The summed E-state index contributed by atoms with van der Waals surface area (Å²) in [6.07, 6.45) is 2.62. The molecule has 16 heavy (non-hydrogen) atoms. The molecule has 0 heterocycles. The number of urea groups is 1. The molecule has 0 aliphatic rings. The maximum atomic E-state index is 11.4. The first-order valence-electron chi connectivity index (χ1n) is 5.53. The van der Waals surface area contributed by atoms with Crippen molar-refractivity contribution in [3.05, 3.63) is 30.3 Å². The van der Waals surface area contributed by atoms with Gasteiger partial charge in [0.2, 0.25) is 0 Å². The number of benzene rings is 1. The molecule has 1 rings (SSSR count). The second-order valence-corrected chi connectivity index (χ2v) is 3.53. The Labute approximate surface area is 95.7 Å². The first kappa shape index (κ1) is 12.5. The molecule has 0 unspecified atom stereocenters. The summed E-state index contributed by atoms with van der Waals surface area (Å²) in [6.45, 7) is 0.856. The summed E-state index contributed by atoms with van der Waals surface area (Å²) in [7, 11) is 0. The zero-order valence-electron chi connectivity index (χ0n) is 9.28. The van der Waals surface area contributed by atoms with E-state index in [2.05, 4.69) is 10.6 Å². The monoisotopic (exact) mass is 222 g/mol. The van der Waals surface area contributed by atoms with Crippen molar-refractivity contribution in [2.45, 2.75) is 19.3 Å². The quantitative estimate of drug-likeness (QED) is 0.644. The number of aliphatic hydroxyl groups excluding tert-OH is 1. The minimum atomic E-state index is -0.185. The van der Waals surface area contributed by atoms with Crippen LogP contribution in [0.1, 0.15) is 19.3 Å². The number of hydrogen-bond donors (Lipinski definition) is 3. The molecule has 3 N–H and O–H groups in total. The molecular formula is C12H18N2O2. The molecule has 2 amide bonds. The van der Waals surface area contributed by atoms with E-state index in [1.54, 1.807) is 0 Å². The Bertz CT molecular complexity index is 301. The van der Waals surface area contributed by atoms with Crippen LogP contribution in [0.2, 0.25) is 0 Å². The number of carbonyl (C=O) groups is 1. The van der Waals surface area contributed by atoms with Gasteiger partial charge in [0, 0.05) is 18.8 Å². The average molecular weight is 222 g/mol. The van der Waals surface area contributed by atoms with Gasteiger partial charge in [-0.2, -0.15) is 0 Å². The largest absolute Gasteiger partial charge is 0.396 e. The lowest BCUT2D eigenvalue weighted by Gasteiger charge is -2.06. The SMILES string of the molecule is O=C(NCCCCCO)Nc1ccccc1. The van der Waals surface area contributed by atoms with Crippen molar-refractivity contribution < 1.29 is 9.90 Å². The van der Waals surface area contributed by atoms with E-state index < -0.39 is 0 Å². The molecule has 0 spiro atoms. The van der Waals surface area contributed by atoms with E-state index in [4.69, 9.17) is 5.11 Å². The lowest BCUT2D eigenvalue weighted by molar-refractivity contribution is 0.251. The second kappa shape index (κ2) is 7.70. The molecule has 1 aromatic rings. The Kier molecular flexibility index (Phi) is 6.03. The summed E-state index contributed by atoms with van der Waals surface area (Å²) in [5.41, 5.74) is 0.787. The summed E-state index contributed by atoms with van der Waals surface area (Å²) in [5.74, 6) is 0. The van der Waals surface area contributed by atoms with Gasteiger partial charge < -0.3 is 15.7 Å². The molecule has 0 aromatic heterocycles. The number of unbranched alkanes of at least 4 members (excludes halogenated alkanes) is 2. The smallest absolute Gasteiger partial charge is 0.319 e. The average Bonchev–Trinajstić information content (AvgIpc) is 2.30. The number of hydrogen-bond acceptors (Lipinski definition) is 2. The number of rotatable bonds is 6. The van der Waals surface area contributed by atoms with Crippen LogP contribution in [0.3, 0.4) is 0 Å². The molecule has 4 nitrogen and oxygen atoms in total. The minimum absolute atomic E-state index is 0.185. The number of aliphatic hydroxyl groups is 1. The van der Waals surface area contributed by atoms with Gasteiger partial charge >= 0.3 is 6.03 Å². The maximum absolute atomic E-state index is 11.4. The molecule has 0 atom stereocenters. The van der Waals surface area contributed by atoms with Crippen molar-refractivity contribution >= 4 is 11.7 Å². The van der Waals surface area contributed by atoms with Crippen LogP contribution >= 0.6 is 0 Å². The number of carbonyl (C=O) groups excluding carboxylic acids is 1. The van der Waals surface area contributed by atoms with E-state index >= 15 is 0 Å².